The van der Waals surface area contributed by atoms with E-state index in [4.69, 9.17) is 0 Å². The van der Waals surface area contributed by atoms with Crippen LogP contribution in [0, 0.1) is 11.8 Å². The fourth-order valence-corrected chi connectivity index (χ4v) is 2.22. The molecule has 0 bridgehead atoms. The lowest BCUT2D eigenvalue weighted by Crippen LogP contribution is -2.21. The highest BCUT2D eigenvalue weighted by atomic mass is 32.1. The highest BCUT2D eigenvalue weighted by Gasteiger charge is 2.32. The fourth-order valence-electron chi connectivity index (χ4n) is 1.55. The summed E-state index contributed by atoms with van der Waals surface area (Å²) < 4.78 is 0. The molecule has 0 saturated heterocycles. The Labute approximate surface area is 83.4 Å². The first kappa shape index (κ1) is 9.16. The minimum atomic E-state index is 0.424. The van der Waals surface area contributed by atoms with E-state index in [0.717, 1.165) is 18.4 Å². The van der Waals surface area contributed by atoms with Crippen molar-refractivity contribution in [1.82, 2.24) is 10.3 Å². The van der Waals surface area contributed by atoms with Crippen LogP contribution in [-0.4, -0.2) is 11.5 Å². The van der Waals surface area contributed by atoms with Crippen LogP contribution >= 0.6 is 11.3 Å². The monoisotopic (exact) mass is 196 g/mol. The molecular formula is C10H16N2S. The molecule has 1 saturated carbocycles. The van der Waals surface area contributed by atoms with E-state index < -0.39 is 0 Å². The van der Waals surface area contributed by atoms with Gasteiger partial charge in [-0.2, -0.15) is 0 Å². The Morgan fingerprint density at radius 2 is 2.54 bits per heavy atom. The zero-order valence-corrected chi connectivity index (χ0v) is 8.97. The van der Waals surface area contributed by atoms with Crippen molar-refractivity contribution >= 4 is 11.3 Å². The zero-order valence-electron chi connectivity index (χ0n) is 8.16. The van der Waals surface area contributed by atoms with Gasteiger partial charge in [0.15, 0.2) is 0 Å². The van der Waals surface area contributed by atoms with Gasteiger partial charge in [-0.15, -0.1) is 11.3 Å². The van der Waals surface area contributed by atoms with E-state index in [0.29, 0.717) is 6.04 Å². The molecule has 1 heterocycles. The topological polar surface area (TPSA) is 24.9 Å². The molecule has 0 aromatic carbocycles. The third-order valence-electron chi connectivity index (χ3n) is 2.78. The summed E-state index contributed by atoms with van der Waals surface area (Å²) in [7, 11) is 0. The van der Waals surface area contributed by atoms with Crippen LogP contribution in [0.15, 0.2) is 11.6 Å². The Hall–Kier alpha value is -0.410. The standard InChI is InChI=1S/C10H16N2S/c1-7-5-9(7)6-12-8(2)10-11-3-4-13-10/h3-4,7-9,12H,5-6H2,1-2H3. The van der Waals surface area contributed by atoms with E-state index in [-0.39, 0.29) is 0 Å². The van der Waals surface area contributed by atoms with Crippen molar-refractivity contribution in [2.75, 3.05) is 6.54 Å². The van der Waals surface area contributed by atoms with Crippen LogP contribution in [0.4, 0.5) is 0 Å². The highest BCUT2D eigenvalue weighted by Crippen LogP contribution is 2.37. The highest BCUT2D eigenvalue weighted by molar-refractivity contribution is 7.09. The van der Waals surface area contributed by atoms with Crippen molar-refractivity contribution in [3.05, 3.63) is 16.6 Å². The van der Waals surface area contributed by atoms with Gasteiger partial charge in [0.2, 0.25) is 0 Å². The van der Waals surface area contributed by atoms with Gasteiger partial charge in [-0.1, -0.05) is 6.92 Å². The normalized spacial score (nSPS) is 28.8. The van der Waals surface area contributed by atoms with E-state index >= 15 is 0 Å². The molecule has 3 unspecified atom stereocenters. The zero-order chi connectivity index (χ0) is 9.26. The van der Waals surface area contributed by atoms with Gasteiger partial charge in [0, 0.05) is 11.6 Å². The molecule has 1 fully saturated rings. The second kappa shape index (κ2) is 3.76. The maximum atomic E-state index is 4.29. The molecule has 3 heteroatoms. The van der Waals surface area contributed by atoms with Crippen molar-refractivity contribution in [3.8, 4) is 0 Å². The van der Waals surface area contributed by atoms with Crippen LogP contribution < -0.4 is 5.32 Å². The summed E-state index contributed by atoms with van der Waals surface area (Å²) in [6.07, 6.45) is 3.27. The Morgan fingerprint density at radius 3 is 3.08 bits per heavy atom. The van der Waals surface area contributed by atoms with Gasteiger partial charge in [0.25, 0.3) is 0 Å². The smallest absolute Gasteiger partial charge is 0.109 e. The predicted molar refractivity (Wildman–Crippen MR) is 55.8 cm³/mol. The van der Waals surface area contributed by atoms with Crippen LogP contribution in [0.1, 0.15) is 31.3 Å². The van der Waals surface area contributed by atoms with Crippen molar-refractivity contribution in [2.24, 2.45) is 11.8 Å². The minimum absolute atomic E-state index is 0.424. The fraction of sp³-hybridized carbons (Fsp3) is 0.700. The molecule has 2 rings (SSSR count). The van der Waals surface area contributed by atoms with E-state index in [1.807, 2.05) is 11.6 Å². The summed E-state index contributed by atoms with van der Waals surface area (Å²) >= 11 is 1.73. The van der Waals surface area contributed by atoms with Crippen molar-refractivity contribution in [2.45, 2.75) is 26.3 Å². The molecule has 1 N–H and O–H groups in total. The predicted octanol–water partition coefficient (Wildman–Crippen LogP) is 2.45. The van der Waals surface area contributed by atoms with Crippen molar-refractivity contribution < 1.29 is 0 Å². The molecule has 13 heavy (non-hydrogen) atoms. The molecule has 1 aliphatic rings. The molecule has 0 spiro atoms. The Kier molecular flexibility index (Phi) is 2.65. The van der Waals surface area contributed by atoms with Gasteiger partial charge >= 0.3 is 0 Å². The third kappa shape index (κ3) is 2.29. The molecular weight excluding hydrogens is 180 g/mol. The molecule has 3 atom stereocenters. The summed E-state index contributed by atoms with van der Waals surface area (Å²) in [6, 6.07) is 0.424. The lowest BCUT2D eigenvalue weighted by atomic mass is 10.3. The van der Waals surface area contributed by atoms with Gasteiger partial charge in [-0.3, -0.25) is 0 Å². The van der Waals surface area contributed by atoms with Gasteiger partial charge < -0.3 is 5.32 Å². The number of nitrogens with zero attached hydrogens (tertiary/aromatic N) is 1. The maximum Gasteiger partial charge on any atom is 0.109 e. The number of rotatable bonds is 4. The molecule has 0 aliphatic heterocycles. The SMILES string of the molecule is CC(NCC1CC1C)c1nccs1. The van der Waals surface area contributed by atoms with Crippen LogP contribution in [0.25, 0.3) is 0 Å². The van der Waals surface area contributed by atoms with Crippen LogP contribution in [0.3, 0.4) is 0 Å². The van der Waals surface area contributed by atoms with E-state index in [1.165, 1.54) is 11.4 Å². The Morgan fingerprint density at radius 1 is 1.77 bits per heavy atom. The molecule has 0 radical (unpaired) electrons. The number of thiazole rings is 1. The second-order valence-corrected chi connectivity index (χ2v) is 4.90. The Balaban J connectivity index is 1.76. The lowest BCUT2D eigenvalue weighted by molar-refractivity contribution is 0.533. The third-order valence-corrected chi connectivity index (χ3v) is 3.74. The largest absolute Gasteiger partial charge is 0.308 e. The average molecular weight is 196 g/mol. The van der Waals surface area contributed by atoms with E-state index in [2.05, 4.69) is 24.1 Å². The number of hydrogen-bond acceptors (Lipinski definition) is 3. The molecule has 1 aromatic heterocycles. The van der Waals surface area contributed by atoms with Crippen LogP contribution in [-0.2, 0) is 0 Å². The van der Waals surface area contributed by atoms with Gasteiger partial charge in [-0.05, 0) is 31.7 Å². The summed E-state index contributed by atoms with van der Waals surface area (Å²) in [5, 5.41) is 6.76. The van der Waals surface area contributed by atoms with Gasteiger partial charge in [0.05, 0.1) is 6.04 Å². The second-order valence-electron chi connectivity index (χ2n) is 3.97. The van der Waals surface area contributed by atoms with Crippen LogP contribution in [0.2, 0.25) is 0 Å². The molecule has 1 aromatic rings. The van der Waals surface area contributed by atoms with E-state index in [9.17, 15) is 0 Å². The van der Waals surface area contributed by atoms with Crippen LogP contribution in [0.5, 0.6) is 0 Å². The summed E-state index contributed by atoms with van der Waals surface area (Å²) in [6.45, 7) is 5.66. The average Bonchev–Trinajstić information content (AvgIpc) is 2.67. The molecule has 0 amide bonds. The first-order valence-corrected chi connectivity index (χ1v) is 5.78. The lowest BCUT2D eigenvalue weighted by Gasteiger charge is -2.09. The molecule has 1 aliphatic carbocycles. The quantitative estimate of drug-likeness (QED) is 0.800. The minimum Gasteiger partial charge on any atom is -0.308 e. The van der Waals surface area contributed by atoms with Crippen molar-refractivity contribution in [3.63, 3.8) is 0 Å². The molecule has 72 valence electrons. The maximum absolute atomic E-state index is 4.29. The first-order valence-electron chi connectivity index (χ1n) is 4.90. The summed E-state index contributed by atoms with van der Waals surface area (Å²) in [5.41, 5.74) is 0. The van der Waals surface area contributed by atoms with E-state index in [1.54, 1.807) is 11.3 Å². The Bertz CT molecular complexity index is 258. The van der Waals surface area contributed by atoms with Crippen molar-refractivity contribution in [1.29, 1.82) is 0 Å². The number of hydrogen-bond donors (Lipinski definition) is 1. The van der Waals surface area contributed by atoms with Gasteiger partial charge in [0.1, 0.15) is 5.01 Å². The number of nitrogens with one attached hydrogen (secondary N) is 1. The first-order chi connectivity index (χ1) is 6.27. The number of aromatic nitrogens is 1. The summed E-state index contributed by atoms with van der Waals surface area (Å²) in [5.74, 6) is 1.86. The van der Waals surface area contributed by atoms with Gasteiger partial charge in [-0.25, -0.2) is 4.98 Å². The summed E-state index contributed by atoms with van der Waals surface area (Å²) in [4.78, 5) is 4.29. The molecule has 2 nitrogen and oxygen atoms in total.